The molecule has 0 aliphatic carbocycles. The lowest BCUT2D eigenvalue weighted by Crippen LogP contribution is -2.40. The summed E-state index contributed by atoms with van der Waals surface area (Å²) in [5, 5.41) is 7.27. The Labute approximate surface area is 143 Å². The summed E-state index contributed by atoms with van der Waals surface area (Å²) in [6, 6.07) is 11.8. The van der Waals surface area contributed by atoms with Gasteiger partial charge in [0.15, 0.2) is 11.7 Å². The fourth-order valence-electron chi connectivity index (χ4n) is 2.14. The van der Waals surface area contributed by atoms with Crippen LogP contribution in [0.5, 0.6) is 5.75 Å². The highest BCUT2D eigenvalue weighted by Crippen LogP contribution is 2.08. The fraction of sp³-hybridized carbons (Fsp3) is 0.444. The summed E-state index contributed by atoms with van der Waals surface area (Å²) >= 11 is 0. The molecular formula is C18H26N4O2. The van der Waals surface area contributed by atoms with Crippen molar-refractivity contribution in [1.82, 2.24) is 15.4 Å². The molecule has 1 aromatic heterocycles. The van der Waals surface area contributed by atoms with Crippen molar-refractivity contribution >= 4 is 5.96 Å². The molecule has 0 amide bonds. The van der Waals surface area contributed by atoms with Crippen molar-refractivity contribution in [2.75, 3.05) is 26.7 Å². The lowest BCUT2D eigenvalue weighted by atomic mass is 10.3. The van der Waals surface area contributed by atoms with Crippen LogP contribution in [0.3, 0.4) is 0 Å². The molecule has 0 spiro atoms. The molecule has 130 valence electrons. The lowest BCUT2D eigenvalue weighted by Gasteiger charge is -2.22. The molecule has 1 N–H and O–H groups in total. The van der Waals surface area contributed by atoms with Crippen molar-refractivity contribution in [3.05, 3.63) is 47.9 Å². The summed E-state index contributed by atoms with van der Waals surface area (Å²) < 4.78 is 11.0. The number of benzene rings is 1. The van der Waals surface area contributed by atoms with E-state index in [2.05, 4.69) is 22.4 Å². The van der Waals surface area contributed by atoms with Crippen molar-refractivity contribution in [3.63, 3.8) is 0 Å². The first-order chi connectivity index (χ1) is 11.7. The second-order valence-electron chi connectivity index (χ2n) is 5.39. The van der Waals surface area contributed by atoms with Crippen LogP contribution in [-0.4, -0.2) is 42.8 Å². The highest BCUT2D eigenvalue weighted by molar-refractivity contribution is 5.79. The van der Waals surface area contributed by atoms with Gasteiger partial charge in [0.05, 0.1) is 12.2 Å². The largest absolute Gasteiger partial charge is 0.492 e. The third kappa shape index (κ3) is 5.61. The number of guanidine groups is 1. The Morgan fingerprint density at radius 3 is 2.75 bits per heavy atom. The zero-order valence-electron chi connectivity index (χ0n) is 14.7. The first-order valence-corrected chi connectivity index (χ1v) is 8.34. The maximum atomic E-state index is 5.73. The van der Waals surface area contributed by atoms with Crippen molar-refractivity contribution in [2.45, 2.75) is 26.8 Å². The number of nitrogens with zero attached hydrogens (tertiary/aromatic N) is 3. The summed E-state index contributed by atoms with van der Waals surface area (Å²) in [5.41, 5.74) is 0.954. The number of hydrogen-bond acceptors (Lipinski definition) is 4. The number of aliphatic imine (C=N–C) groups is 1. The molecule has 1 aromatic carbocycles. The molecule has 0 bridgehead atoms. The monoisotopic (exact) mass is 330 g/mol. The lowest BCUT2D eigenvalue weighted by molar-refractivity contribution is 0.281. The first kappa shape index (κ1) is 17.8. The van der Waals surface area contributed by atoms with Gasteiger partial charge in [-0.2, -0.15) is 0 Å². The van der Waals surface area contributed by atoms with Crippen molar-refractivity contribution < 1.29 is 9.26 Å². The summed E-state index contributed by atoms with van der Waals surface area (Å²) in [4.78, 5) is 6.64. The minimum atomic E-state index is 0.471. The van der Waals surface area contributed by atoms with Crippen LogP contribution >= 0.6 is 0 Å². The van der Waals surface area contributed by atoms with Gasteiger partial charge in [-0.3, -0.25) is 0 Å². The van der Waals surface area contributed by atoms with Gasteiger partial charge in [-0.1, -0.05) is 30.3 Å². The van der Waals surface area contributed by atoms with Crippen LogP contribution in [0.1, 0.15) is 25.3 Å². The summed E-state index contributed by atoms with van der Waals surface area (Å²) in [6.07, 6.45) is 0.865. The van der Waals surface area contributed by atoms with Crippen LogP contribution < -0.4 is 10.1 Å². The van der Waals surface area contributed by atoms with Gasteiger partial charge in [-0.15, -0.1) is 0 Å². The van der Waals surface area contributed by atoms with E-state index in [1.807, 2.05) is 55.3 Å². The third-order valence-electron chi connectivity index (χ3n) is 3.49. The van der Waals surface area contributed by atoms with E-state index in [0.717, 1.165) is 42.7 Å². The third-order valence-corrected chi connectivity index (χ3v) is 3.49. The molecule has 0 radical (unpaired) electrons. The number of rotatable bonds is 8. The Morgan fingerprint density at radius 1 is 1.29 bits per heavy atom. The Kier molecular flexibility index (Phi) is 7.14. The van der Waals surface area contributed by atoms with Crippen LogP contribution in [0.25, 0.3) is 0 Å². The van der Waals surface area contributed by atoms with Crippen LogP contribution in [-0.2, 0) is 13.0 Å². The van der Waals surface area contributed by atoms with Gasteiger partial charge in [0.25, 0.3) is 0 Å². The molecule has 1 heterocycles. The Hall–Kier alpha value is -2.50. The van der Waals surface area contributed by atoms with Crippen LogP contribution in [0.15, 0.2) is 45.9 Å². The molecule has 0 aliphatic rings. The fourth-order valence-corrected chi connectivity index (χ4v) is 2.14. The summed E-state index contributed by atoms with van der Waals surface area (Å²) in [7, 11) is 1.99. The maximum Gasteiger partial charge on any atom is 0.194 e. The molecule has 0 unspecified atom stereocenters. The number of likely N-dealkylation sites (N-methyl/N-ethyl adjacent to an activating group) is 1. The Morgan fingerprint density at radius 2 is 2.08 bits per heavy atom. The van der Waals surface area contributed by atoms with Gasteiger partial charge in [-0.05, 0) is 25.5 Å². The highest BCUT2D eigenvalue weighted by atomic mass is 16.5. The number of aryl methyl sites for hydroxylation is 1. The molecule has 2 rings (SSSR count). The molecule has 0 atom stereocenters. The second-order valence-corrected chi connectivity index (χ2v) is 5.39. The van der Waals surface area contributed by atoms with E-state index in [4.69, 9.17) is 9.26 Å². The van der Waals surface area contributed by atoms with Gasteiger partial charge in [-0.25, -0.2) is 4.99 Å². The predicted molar refractivity (Wildman–Crippen MR) is 95.3 cm³/mol. The van der Waals surface area contributed by atoms with Crippen LogP contribution in [0.2, 0.25) is 0 Å². The molecule has 0 saturated carbocycles. The molecular weight excluding hydrogens is 304 g/mol. The number of aromatic nitrogens is 1. The smallest absolute Gasteiger partial charge is 0.194 e. The highest BCUT2D eigenvalue weighted by Gasteiger charge is 2.07. The molecule has 6 heteroatoms. The van der Waals surface area contributed by atoms with Gasteiger partial charge >= 0.3 is 0 Å². The van der Waals surface area contributed by atoms with Gasteiger partial charge in [0.1, 0.15) is 18.9 Å². The SMILES string of the molecule is CCNC(=NCc1cc(CC)no1)N(C)CCOc1ccccc1. The van der Waals surface area contributed by atoms with E-state index >= 15 is 0 Å². The summed E-state index contributed by atoms with van der Waals surface area (Å²) in [5.74, 6) is 2.47. The molecule has 0 aliphatic heterocycles. The van der Waals surface area contributed by atoms with Crippen LogP contribution in [0.4, 0.5) is 0 Å². The number of hydrogen-bond donors (Lipinski definition) is 1. The van der Waals surface area contributed by atoms with E-state index in [1.165, 1.54) is 0 Å². The Bertz CT molecular complexity index is 625. The standard InChI is InChI=1S/C18H26N4O2/c1-4-15-13-17(24-21-15)14-20-18(19-5-2)22(3)11-12-23-16-9-7-6-8-10-16/h6-10,13H,4-5,11-12,14H2,1-3H3,(H,19,20). The molecule has 0 fully saturated rings. The number of nitrogens with one attached hydrogen (secondary N) is 1. The first-order valence-electron chi connectivity index (χ1n) is 8.34. The molecule has 24 heavy (non-hydrogen) atoms. The minimum Gasteiger partial charge on any atom is -0.492 e. The van der Waals surface area contributed by atoms with E-state index in [9.17, 15) is 0 Å². The van der Waals surface area contributed by atoms with Crippen molar-refractivity contribution in [1.29, 1.82) is 0 Å². The molecule has 0 saturated heterocycles. The maximum absolute atomic E-state index is 5.73. The van der Waals surface area contributed by atoms with E-state index in [1.54, 1.807) is 0 Å². The predicted octanol–water partition coefficient (Wildman–Crippen LogP) is 2.71. The van der Waals surface area contributed by atoms with E-state index in [0.29, 0.717) is 13.2 Å². The topological polar surface area (TPSA) is 62.9 Å². The average molecular weight is 330 g/mol. The Balaban J connectivity index is 1.86. The zero-order chi connectivity index (χ0) is 17.2. The molecule has 6 nitrogen and oxygen atoms in total. The van der Waals surface area contributed by atoms with E-state index in [-0.39, 0.29) is 0 Å². The number of ether oxygens (including phenoxy) is 1. The van der Waals surface area contributed by atoms with Gasteiger partial charge in [0.2, 0.25) is 0 Å². The van der Waals surface area contributed by atoms with Gasteiger partial charge in [0, 0.05) is 19.7 Å². The number of para-hydroxylation sites is 1. The zero-order valence-corrected chi connectivity index (χ0v) is 14.7. The van der Waals surface area contributed by atoms with Crippen molar-refractivity contribution in [2.24, 2.45) is 4.99 Å². The van der Waals surface area contributed by atoms with Gasteiger partial charge < -0.3 is 19.5 Å². The van der Waals surface area contributed by atoms with Crippen LogP contribution in [0, 0.1) is 0 Å². The second kappa shape index (κ2) is 9.60. The minimum absolute atomic E-state index is 0.471. The molecule has 2 aromatic rings. The normalized spacial score (nSPS) is 11.4. The van der Waals surface area contributed by atoms with Crippen molar-refractivity contribution in [3.8, 4) is 5.75 Å². The summed E-state index contributed by atoms with van der Waals surface area (Å²) in [6.45, 7) is 6.70. The van der Waals surface area contributed by atoms with E-state index < -0.39 is 0 Å². The average Bonchev–Trinajstić information content (AvgIpc) is 3.07. The quantitative estimate of drug-likeness (QED) is 0.595.